The first-order chi connectivity index (χ1) is 15.5. The summed E-state index contributed by atoms with van der Waals surface area (Å²) in [5, 5.41) is 9.61. The van der Waals surface area contributed by atoms with Crippen molar-refractivity contribution in [3.63, 3.8) is 0 Å². The van der Waals surface area contributed by atoms with Crippen molar-refractivity contribution in [2.24, 2.45) is 11.8 Å². The molecule has 32 heavy (non-hydrogen) atoms. The van der Waals surface area contributed by atoms with Gasteiger partial charge in [0.2, 0.25) is 5.39 Å². The zero-order valence-corrected chi connectivity index (χ0v) is 22.0. The van der Waals surface area contributed by atoms with E-state index in [1.807, 2.05) is 6.07 Å². The van der Waals surface area contributed by atoms with Gasteiger partial charge >= 0.3 is 5.69 Å². The molecule has 0 fully saturated rings. The van der Waals surface area contributed by atoms with Crippen LogP contribution >= 0.6 is 15.9 Å². The van der Waals surface area contributed by atoms with E-state index in [2.05, 4.69) is 78.9 Å². The molecule has 0 N–H and O–H groups in total. The third-order valence-electron chi connectivity index (χ3n) is 7.78. The van der Waals surface area contributed by atoms with Gasteiger partial charge in [-0.1, -0.05) is 101 Å². The summed E-state index contributed by atoms with van der Waals surface area (Å²) in [4.78, 5) is 3.58. The number of fused-ring (bicyclic) bond motifs is 3. The number of nitrogens with zero attached hydrogens (tertiary/aromatic N) is 2. The van der Waals surface area contributed by atoms with E-state index in [4.69, 9.17) is 0 Å². The molecule has 0 bridgehead atoms. The van der Waals surface area contributed by atoms with Crippen molar-refractivity contribution in [1.82, 2.24) is 0 Å². The molecule has 0 spiro atoms. The minimum atomic E-state index is -0.0159. The van der Waals surface area contributed by atoms with Gasteiger partial charge < -0.3 is 0 Å². The summed E-state index contributed by atoms with van der Waals surface area (Å²) in [6.45, 7) is 9.32. The van der Waals surface area contributed by atoms with E-state index < -0.39 is 0 Å². The Hall–Kier alpha value is -1.66. The molecule has 1 aliphatic rings. The van der Waals surface area contributed by atoms with Crippen LogP contribution in [0.1, 0.15) is 103 Å². The second-order valence-corrected chi connectivity index (χ2v) is 10.8. The van der Waals surface area contributed by atoms with E-state index in [1.165, 1.54) is 86.5 Å². The highest BCUT2D eigenvalue weighted by molar-refractivity contribution is 9.10. The molecule has 3 rings (SSSR count). The quantitative estimate of drug-likeness (QED) is 0.269. The third-order valence-corrected chi connectivity index (χ3v) is 8.28. The Morgan fingerprint density at radius 1 is 0.812 bits per heavy atom. The maximum Gasteiger partial charge on any atom is 0.385 e. The van der Waals surface area contributed by atoms with Crippen LogP contribution in [0.4, 0.5) is 5.69 Å². The molecule has 2 atom stereocenters. The van der Waals surface area contributed by atoms with Crippen LogP contribution in [0.15, 0.2) is 40.9 Å². The fraction of sp³-hybridized carbons (Fsp3) is 0.586. The third kappa shape index (κ3) is 5.12. The Morgan fingerprint density at radius 2 is 1.34 bits per heavy atom. The average Bonchev–Trinajstić information content (AvgIpc) is 3.07. The van der Waals surface area contributed by atoms with Crippen molar-refractivity contribution in [3.8, 4) is 11.1 Å². The summed E-state index contributed by atoms with van der Waals surface area (Å²) in [6.07, 6.45) is 12.5. The van der Waals surface area contributed by atoms with Crippen molar-refractivity contribution in [3.05, 3.63) is 57.0 Å². The number of unbranched alkanes of at least 4 members (excludes halogenated alkanes) is 2. The summed E-state index contributed by atoms with van der Waals surface area (Å²) in [7, 11) is 0. The molecule has 172 valence electrons. The Kier molecular flexibility index (Phi) is 8.95. The summed E-state index contributed by atoms with van der Waals surface area (Å²) >= 11 is 3.78. The Labute approximate surface area is 204 Å². The molecule has 0 heterocycles. The SMILES string of the molecule is CCCCC(CC)CC1(CC(CC)CCCC)c2cc(Br)ccc2-c2ccc([N+]#N)cc21. The number of diazo groups is 1. The largest absolute Gasteiger partial charge is 0.385 e. The minimum Gasteiger partial charge on any atom is -0.0654 e. The Bertz CT molecular complexity index is 925. The van der Waals surface area contributed by atoms with Gasteiger partial charge in [0.25, 0.3) is 0 Å². The predicted octanol–water partition coefficient (Wildman–Crippen LogP) is 10.4. The van der Waals surface area contributed by atoms with Crippen molar-refractivity contribution >= 4 is 21.6 Å². The molecular weight excluding hydrogens is 456 g/mol. The van der Waals surface area contributed by atoms with E-state index in [-0.39, 0.29) is 5.41 Å². The van der Waals surface area contributed by atoms with Crippen LogP contribution in [0.3, 0.4) is 0 Å². The fourth-order valence-corrected chi connectivity index (χ4v) is 6.27. The zero-order chi connectivity index (χ0) is 23.1. The van der Waals surface area contributed by atoms with Gasteiger partial charge in [0.1, 0.15) is 0 Å². The zero-order valence-electron chi connectivity index (χ0n) is 20.5. The van der Waals surface area contributed by atoms with Gasteiger partial charge in [0.15, 0.2) is 4.98 Å². The van der Waals surface area contributed by atoms with Crippen LogP contribution in [0, 0.1) is 17.2 Å². The summed E-state index contributed by atoms with van der Waals surface area (Å²) in [5.41, 5.74) is 6.20. The molecule has 3 heteroatoms. The second kappa shape index (κ2) is 11.5. The van der Waals surface area contributed by atoms with Crippen LogP contribution in [0.25, 0.3) is 16.1 Å². The van der Waals surface area contributed by atoms with Gasteiger partial charge in [-0.05, 0) is 65.1 Å². The summed E-state index contributed by atoms with van der Waals surface area (Å²) in [6, 6.07) is 13.1. The normalized spacial score (nSPS) is 18.6. The topological polar surface area (TPSA) is 28.1 Å². The summed E-state index contributed by atoms with van der Waals surface area (Å²) in [5.74, 6) is 1.40. The molecule has 2 aromatic rings. The highest BCUT2D eigenvalue weighted by Gasteiger charge is 2.46. The molecule has 0 radical (unpaired) electrons. The maximum absolute atomic E-state index is 9.61. The molecule has 2 aromatic carbocycles. The van der Waals surface area contributed by atoms with Gasteiger partial charge in [-0.25, -0.2) is 0 Å². The standard InChI is InChI=1S/C29H40BrN2/c1-5-9-11-21(7-3)19-29(20-22(8-4)12-10-6-2)27-17-23(30)13-15-25(27)26-16-14-24(32-31)18-28(26)29/h13-18,21-22H,5-12,19-20H2,1-4H3/q+1. The van der Waals surface area contributed by atoms with Gasteiger partial charge in [-0.15, -0.1) is 0 Å². The number of benzene rings is 2. The minimum absolute atomic E-state index is 0.0159. The Morgan fingerprint density at radius 3 is 1.84 bits per heavy atom. The van der Waals surface area contributed by atoms with Crippen LogP contribution in [0.2, 0.25) is 0 Å². The van der Waals surface area contributed by atoms with Gasteiger partial charge in [0.05, 0.1) is 0 Å². The molecule has 0 aliphatic heterocycles. The number of hydrogen-bond donors (Lipinski definition) is 0. The van der Waals surface area contributed by atoms with Crippen molar-refractivity contribution in [2.45, 2.75) is 97.3 Å². The molecule has 2 nitrogen and oxygen atoms in total. The molecular formula is C29H40BrN2+. The lowest BCUT2D eigenvalue weighted by Gasteiger charge is -2.38. The van der Waals surface area contributed by atoms with E-state index in [9.17, 15) is 5.39 Å². The lowest BCUT2D eigenvalue weighted by atomic mass is 9.65. The van der Waals surface area contributed by atoms with Crippen LogP contribution < -0.4 is 0 Å². The number of hydrogen-bond acceptors (Lipinski definition) is 1. The first kappa shape index (κ1) is 25.0. The number of rotatable bonds is 12. The first-order valence-electron chi connectivity index (χ1n) is 12.8. The Balaban J connectivity index is 2.19. The maximum atomic E-state index is 9.61. The highest BCUT2D eigenvalue weighted by atomic mass is 79.9. The molecule has 2 unspecified atom stereocenters. The monoisotopic (exact) mass is 495 g/mol. The average molecular weight is 497 g/mol. The van der Waals surface area contributed by atoms with E-state index >= 15 is 0 Å². The molecule has 0 aromatic heterocycles. The van der Waals surface area contributed by atoms with Crippen molar-refractivity contribution < 1.29 is 0 Å². The van der Waals surface area contributed by atoms with E-state index in [0.717, 1.165) is 4.47 Å². The van der Waals surface area contributed by atoms with Crippen LogP contribution in [-0.4, -0.2) is 0 Å². The van der Waals surface area contributed by atoms with E-state index in [1.54, 1.807) is 0 Å². The van der Waals surface area contributed by atoms with E-state index in [0.29, 0.717) is 17.5 Å². The second-order valence-electron chi connectivity index (χ2n) is 9.84. The smallest absolute Gasteiger partial charge is 0.0654 e. The fourth-order valence-electron chi connectivity index (χ4n) is 5.91. The lowest BCUT2D eigenvalue weighted by molar-refractivity contribution is 0.266. The van der Waals surface area contributed by atoms with Crippen molar-refractivity contribution in [1.29, 1.82) is 5.39 Å². The predicted molar refractivity (Wildman–Crippen MR) is 141 cm³/mol. The number of halogens is 1. The summed E-state index contributed by atoms with van der Waals surface area (Å²) < 4.78 is 1.16. The van der Waals surface area contributed by atoms with Crippen LogP contribution in [-0.2, 0) is 5.41 Å². The molecule has 0 saturated heterocycles. The van der Waals surface area contributed by atoms with Gasteiger partial charge in [-0.2, -0.15) is 0 Å². The molecule has 0 saturated carbocycles. The van der Waals surface area contributed by atoms with Gasteiger partial charge in [-0.3, -0.25) is 0 Å². The highest BCUT2D eigenvalue weighted by Crippen LogP contribution is 2.57. The first-order valence-corrected chi connectivity index (χ1v) is 13.6. The van der Waals surface area contributed by atoms with Crippen LogP contribution in [0.5, 0.6) is 0 Å². The molecule has 1 aliphatic carbocycles. The van der Waals surface area contributed by atoms with Gasteiger partial charge in [0, 0.05) is 22.0 Å². The molecule has 0 amide bonds. The van der Waals surface area contributed by atoms with Crippen molar-refractivity contribution in [2.75, 3.05) is 0 Å². The lowest BCUT2D eigenvalue weighted by Crippen LogP contribution is -2.31.